The third-order valence-corrected chi connectivity index (χ3v) is 3.17. The van der Waals surface area contributed by atoms with Gasteiger partial charge >= 0.3 is 6.03 Å². The highest BCUT2D eigenvalue weighted by atomic mass is 16.5. The first-order valence-electron chi connectivity index (χ1n) is 7.30. The van der Waals surface area contributed by atoms with E-state index in [1.54, 1.807) is 30.3 Å². The molecule has 0 heterocycles. The van der Waals surface area contributed by atoms with Crippen LogP contribution < -0.4 is 15.5 Å². The fourth-order valence-electron chi connectivity index (χ4n) is 2.08. The van der Waals surface area contributed by atoms with Gasteiger partial charge in [-0.3, -0.25) is 0 Å². The Morgan fingerprint density at radius 1 is 1.33 bits per heavy atom. The van der Waals surface area contributed by atoms with E-state index in [-0.39, 0.29) is 5.75 Å². The quantitative estimate of drug-likeness (QED) is 0.433. The number of para-hydroxylation sites is 1. The SMILES string of the molecule is C=CCc1cc(/C=N/NC(=O)Nc2ccccc2)cc(OC)c1O. The molecule has 0 saturated carbocycles. The van der Waals surface area contributed by atoms with Gasteiger partial charge < -0.3 is 15.2 Å². The van der Waals surface area contributed by atoms with Crippen LogP contribution in [0.2, 0.25) is 0 Å². The minimum atomic E-state index is -0.450. The molecule has 0 aliphatic heterocycles. The summed E-state index contributed by atoms with van der Waals surface area (Å²) in [6, 6.07) is 12.0. The molecule has 24 heavy (non-hydrogen) atoms. The number of hydrogen-bond donors (Lipinski definition) is 3. The molecule has 0 aliphatic carbocycles. The Balaban J connectivity index is 2.04. The third kappa shape index (κ3) is 4.61. The van der Waals surface area contributed by atoms with Crippen molar-refractivity contribution in [3.8, 4) is 11.5 Å². The number of aromatic hydroxyl groups is 1. The van der Waals surface area contributed by atoms with Crippen LogP contribution in [0.3, 0.4) is 0 Å². The Bertz CT molecular complexity index is 743. The smallest absolute Gasteiger partial charge is 0.339 e. The number of phenols is 1. The first-order chi connectivity index (χ1) is 11.6. The molecule has 2 aromatic rings. The van der Waals surface area contributed by atoms with Crippen molar-refractivity contribution < 1.29 is 14.6 Å². The standard InChI is InChI=1S/C18H19N3O3/c1-3-7-14-10-13(11-16(24-2)17(14)22)12-19-21-18(23)20-15-8-5-4-6-9-15/h3-6,8-12,22H,1,7H2,2H3,(H2,20,21,23)/b19-12+. The van der Waals surface area contributed by atoms with Crippen LogP contribution in [0, 0.1) is 0 Å². The lowest BCUT2D eigenvalue weighted by Crippen LogP contribution is -2.24. The second-order valence-electron chi connectivity index (χ2n) is 4.91. The number of benzene rings is 2. The topological polar surface area (TPSA) is 83.0 Å². The molecule has 0 saturated heterocycles. The number of allylic oxidation sites excluding steroid dienone is 1. The summed E-state index contributed by atoms with van der Waals surface area (Å²) in [5.74, 6) is 0.411. The van der Waals surface area contributed by atoms with Crippen LogP contribution in [0.1, 0.15) is 11.1 Å². The number of ether oxygens (including phenoxy) is 1. The number of carbonyl (C=O) groups is 1. The Kier molecular flexibility index (Phi) is 5.96. The van der Waals surface area contributed by atoms with E-state index < -0.39 is 6.03 Å². The molecule has 0 atom stereocenters. The minimum Gasteiger partial charge on any atom is -0.504 e. The number of phenolic OH excluding ortho intramolecular Hbond substituents is 1. The number of hydrogen-bond acceptors (Lipinski definition) is 4. The molecule has 0 bridgehead atoms. The molecule has 6 nitrogen and oxygen atoms in total. The molecule has 0 unspecified atom stereocenters. The van der Waals surface area contributed by atoms with Crippen molar-refractivity contribution in [2.75, 3.05) is 12.4 Å². The minimum absolute atomic E-state index is 0.0735. The van der Waals surface area contributed by atoms with Crippen molar-refractivity contribution >= 4 is 17.9 Å². The number of rotatable bonds is 6. The lowest BCUT2D eigenvalue weighted by atomic mass is 10.1. The summed E-state index contributed by atoms with van der Waals surface area (Å²) in [6.45, 7) is 3.66. The lowest BCUT2D eigenvalue weighted by molar-refractivity contribution is 0.252. The van der Waals surface area contributed by atoms with Gasteiger partial charge in [0.25, 0.3) is 0 Å². The Hall–Kier alpha value is -3.28. The van der Waals surface area contributed by atoms with Crippen molar-refractivity contribution in [2.45, 2.75) is 6.42 Å². The predicted molar refractivity (Wildman–Crippen MR) is 94.8 cm³/mol. The first kappa shape index (κ1) is 17.1. The molecule has 3 N–H and O–H groups in total. The summed E-state index contributed by atoms with van der Waals surface area (Å²) in [6.07, 6.45) is 3.64. The van der Waals surface area contributed by atoms with Gasteiger partial charge in [0.05, 0.1) is 13.3 Å². The Labute approximate surface area is 140 Å². The van der Waals surface area contributed by atoms with Gasteiger partial charge in [-0.25, -0.2) is 10.2 Å². The fourth-order valence-corrected chi connectivity index (χ4v) is 2.08. The van der Waals surface area contributed by atoms with E-state index in [1.165, 1.54) is 13.3 Å². The molecule has 2 amide bonds. The largest absolute Gasteiger partial charge is 0.504 e. The van der Waals surface area contributed by atoms with E-state index in [9.17, 15) is 9.90 Å². The number of methoxy groups -OCH3 is 1. The molecule has 6 heteroatoms. The lowest BCUT2D eigenvalue weighted by Gasteiger charge is -2.09. The molecular weight excluding hydrogens is 306 g/mol. The van der Waals surface area contributed by atoms with Gasteiger partial charge in [0.15, 0.2) is 11.5 Å². The zero-order chi connectivity index (χ0) is 17.4. The highest BCUT2D eigenvalue weighted by molar-refractivity contribution is 5.90. The van der Waals surface area contributed by atoms with Crippen LogP contribution in [-0.2, 0) is 6.42 Å². The average Bonchev–Trinajstić information content (AvgIpc) is 2.58. The number of urea groups is 1. The van der Waals surface area contributed by atoms with E-state index in [0.29, 0.717) is 29.0 Å². The zero-order valence-corrected chi connectivity index (χ0v) is 13.3. The molecule has 0 fully saturated rings. The summed E-state index contributed by atoms with van der Waals surface area (Å²) >= 11 is 0. The number of carbonyl (C=O) groups excluding carboxylic acids is 1. The zero-order valence-electron chi connectivity index (χ0n) is 13.3. The maximum atomic E-state index is 11.7. The number of hydrazone groups is 1. The highest BCUT2D eigenvalue weighted by Crippen LogP contribution is 2.31. The highest BCUT2D eigenvalue weighted by Gasteiger charge is 2.09. The van der Waals surface area contributed by atoms with Crippen molar-refractivity contribution in [1.29, 1.82) is 0 Å². The number of anilines is 1. The molecular formula is C18H19N3O3. The number of amides is 2. The van der Waals surface area contributed by atoms with Crippen molar-refractivity contribution in [2.24, 2.45) is 5.10 Å². The van der Waals surface area contributed by atoms with Gasteiger partial charge in [-0.1, -0.05) is 24.3 Å². The van der Waals surface area contributed by atoms with Crippen LogP contribution >= 0.6 is 0 Å². The number of nitrogens with zero attached hydrogens (tertiary/aromatic N) is 1. The molecule has 124 valence electrons. The Morgan fingerprint density at radius 2 is 2.08 bits per heavy atom. The van der Waals surface area contributed by atoms with E-state index in [1.807, 2.05) is 18.2 Å². The van der Waals surface area contributed by atoms with Gasteiger partial charge in [0.2, 0.25) is 0 Å². The second kappa shape index (κ2) is 8.38. The normalized spacial score (nSPS) is 10.4. The fraction of sp³-hybridized carbons (Fsp3) is 0.111. The molecule has 0 aromatic heterocycles. The first-order valence-corrected chi connectivity index (χ1v) is 7.30. The summed E-state index contributed by atoms with van der Waals surface area (Å²) in [7, 11) is 1.47. The second-order valence-corrected chi connectivity index (χ2v) is 4.91. The maximum absolute atomic E-state index is 11.7. The van der Waals surface area contributed by atoms with Gasteiger partial charge in [-0.2, -0.15) is 5.10 Å². The van der Waals surface area contributed by atoms with Gasteiger partial charge in [-0.05, 0) is 36.2 Å². The van der Waals surface area contributed by atoms with E-state index in [0.717, 1.165) is 0 Å². The monoisotopic (exact) mass is 325 g/mol. The molecule has 2 aromatic carbocycles. The van der Waals surface area contributed by atoms with Crippen molar-refractivity contribution in [3.63, 3.8) is 0 Å². The van der Waals surface area contributed by atoms with Gasteiger partial charge in [-0.15, -0.1) is 6.58 Å². The van der Waals surface area contributed by atoms with Gasteiger partial charge in [0.1, 0.15) is 0 Å². The maximum Gasteiger partial charge on any atom is 0.339 e. The molecule has 0 radical (unpaired) electrons. The van der Waals surface area contributed by atoms with Crippen molar-refractivity contribution in [3.05, 3.63) is 66.2 Å². The van der Waals surface area contributed by atoms with Crippen LogP contribution in [0.4, 0.5) is 10.5 Å². The Morgan fingerprint density at radius 3 is 2.75 bits per heavy atom. The third-order valence-electron chi connectivity index (χ3n) is 3.17. The van der Waals surface area contributed by atoms with Crippen molar-refractivity contribution in [1.82, 2.24) is 5.43 Å². The summed E-state index contributed by atoms with van der Waals surface area (Å²) in [4.78, 5) is 11.7. The van der Waals surface area contributed by atoms with E-state index in [2.05, 4.69) is 22.4 Å². The predicted octanol–water partition coefficient (Wildman–Crippen LogP) is 3.28. The average molecular weight is 325 g/mol. The summed E-state index contributed by atoms with van der Waals surface area (Å²) < 4.78 is 5.13. The van der Waals surface area contributed by atoms with E-state index >= 15 is 0 Å². The van der Waals surface area contributed by atoms with Gasteiger partial charge in [0, 0.05) is 11.3 Å². The van der Waals surface area contributed by atoms with Crippen LogP contribution in [0.25, 0.3) is 0 Å². The van der Waals surface area contributed by atoms with Crippen LogP contribution in [-0.4, -0.2) is 24.5 Å². The molecule has 0 spiro atoms. The van der Waals surface area contributed by atoms with E-state index in [4.69, 9.17) is 4.74 Å². The van der Waals surface area contributed by atoms with Crippen LogP contribution in [0.5, 0.6) is 11.5 Å². The van der Waals surface area contributed by atoms with Crippen LogP contribution in [0.15, 0.2) is 60.2 Å². The molecule has 0 aliphatic rings. The summed E-state index contributed by atoms with van der Waals surface area (Å²) in [5, 5.41) is 16.6. The molecule has 2 rings (SSSR count). The number of nitrogens with one attached hydrogen (secondary N) is 2. The summed E-state index contributed by atoms with van der Waals surface area (Å²) in [5.41, 5.74) is 4.40.